The molecular weight excluding hydrogens is 160 g/mol. The standard InChI is InChI=1S/H3O2PS.Zn/c1-3(2)4;/h3H,(H2,1,2,4);. The van der Waals surface area contributed by atoms with E-state index in [2.05, 4.69) is 11.8 Å². The quantitative estimate of drug-likeness (QED) is 0.373. The summed E-state index contributed by atoms with van der Waals surface area (Å²) in [7, 11) is -2.30. The predicted octanol–water partition coefficient (Wildman–Crippen LogP) is -0.525. The van der Waals surface area contributed by atoms with Crippen LogP contribution in [0.4, 0.5) is 0 Å². The molecule has 0 unspecified atom stereocenters. The first kappa shape index (κ1) is 9.50. The zero-order chi connectivity index (χ0) is 3.58. The molecular formula is H3O2PSZn. The molecule has 0 heterocycles. The number of hydrogen-bond donors (Lipinski definition) is 2. The van der Waals surface area contributed by atoms with Crippen molar-refractivity contribution in [3.8, 4) is 0 Å². The van der Waals surface area contributed by atoms with Crippen molar-refractivity contribution in [3.05, 3.63) is 0 Å². The largest absolute Gasteiger partial charge is 0.347 e. The van der Waals surface area contributed by atoms with Crippen molar-refractivity contribution in [2.75, 3.05) is 0 Å². The van der Waals surface area contributed by atoms with Crippen LogP contribution in [0, 0.1) is 0 Å². The normalized spacial score (nSPS) is 7.00. The van der Waals surface area contributed by atoms with E-state index in [1.807, 2.05) is 0 Å². The second-order valence-electron chi connectivity index (χ2n) is 0.283. The molecule has 2 nitrogen and oxygen atoms in total. The molecule has 0 bridgehead atoms. The van der Waals surface area contributed by atoms with Crippen molar-refractivity contribution in [2.24, 2.45) is 0 Å². The molecule has 0 aliphatic heterocycles. The molecule has 0 atom stereocenters. The first-order chi connectivity index (χ1) is 1.73. The van der Waals surface area contributed by atoms with E-state index in [0.717, 1.165) is 0 Å². The molecule has 0 saturated heterocycles. The molecule has 0 fully saturated rings. The third-order valence-corrected chi connectivity index (χ3v) is 0. The Kier molecular flexibility index (Phi) is 9.87. The monoisotopic (exact) mass is 162 g/mol. The molecule has 0 aliphatic rings. The van der Waals surface area contributed by atoms with Gasteiger partial charge in [0.2, 0.25) is 0 Å². The van der Waals surface area contributed by atoms with Gasteiger partial charge in [0.15, 0.2) is 7.15 Å². The average molecular weight is 163 g/mol. The van der Waals surface area contributed by atoms with Gasteiger partial charge >= 0.3 is 0 Å². The maximum absolute atomic E-state index is 7.53. The maximum Gasteiger partial charge on any atom is 0.170 e. The Morgan fingerprint density at radius 3 is 1.40 bits per heavy atom. The van der Waals surface area contributed by atoms with Gasteiger partial charge in [-0.25, -0.2) is 0 Å². The minimum absolute atomic E-state index is 0. The van der Waals surface area contributed by atoms with Crippen molar-refractivity contribution in [2.45, 2.75) is 0 Å². The van der Waals surface area contributed by atoms with Crippen molar-refractivity contribution in [1.82, 2.24) is 0 Å². The molecule has 0 rings (SSSR count). The summed E-state index contributed by atoms with van der Waals surface area (Å²) in [5.74, 6) is 0. The Morgan fingerprint density at radius 1 is 1.40 bits per heavy atom. The van der Waals surface area contributed by atoms with E-state index >= 15 is 0 Å². The van der Waals surface area contributed by atoms with Crippen LogP contribution in [0.3, 0.4) is 0 Å². The zero-order valence-electron chi connectivity index (χ0n) is 2.51. The molecule has 0 aliphatic carbocycles. The summed E-state index contributed by atoms with van der Waals surface area (Å²) in [5, 5.41) is 0. The molecule has 0 aromatic rings. The number of hydrogen-bond acceptors (Lipinski definition) is 1. The van der Waals surface area contributed by atoms with E-state index in [1.54, 1.807) is 0 Å². The Bertz CT molecular complexity index is 32.6. The van der Waals surface area contributed by atoms with Gasteiger partial charge < -0.3 is 9.79 Å². The van der Waals surface area contributed by atoms with Gasteiger partial charge in [-0.2, -0.15) is 0 Å². The van der Waals surface area contributed by atoms with Gasteiger partial charge in [-0.1, -0.05) is 0 Å². The van der Waals surface area contributed by atoms with Gasteiger partial charge in [0.25, 0.3) is 0 Å². The molecule has 0 amide bonds. The van der Waals surface area contributed by atoms with Crippen molar-refractivity contribution < 1.29 is 29.3 Å². The van der Waals surface area contributed by atoms with Gasteiger partial charge in [-0.3, -0.25) is 0 Å². The number of rotatable bonds is 0. The SMILES string of the molecule is O[PH](O)=S.[Zn]. The van der Waals surface area contributed by atoms with Crippen LogP contribution in [0.15, 0.2) is 0 Å². The Morgan fingerprint density at radius 2 is 1.40 bits per heavy atom. The first-order valence-electron chi connectivity index (χ1n) is 0.651. The molecule has 5 heteroatoms. The fourth-order valence-corrected chi connectivity index (χ4v) is 0. The molecule has 0 spiro atoms. The van der Waals surface area contributed by atoms with E-state index in [4.69, 9.17) is 9.79 Å². The fraction of sp³-hybridized carbons (Fsp3) is 0. The Balaban J connectivity index is 0. The summed E-state index contributed by atoms with van der Waals surface area (Å²) in [6.45, 7) is 0. The van der Waals surface area contributed by atoms with Crippen LogP contribution >= 0.6 is 7.15 Å². The summed E-state index contributed by atoms with van der Waals surface area (Å²) in [6.07, 6.45) is 0. The van der Waals surface area contributed by atoms with Crippen LogP contribution in [0.25, 0.3) is 0 Å². The molecule has 5 heavy (non-hydrogen) atoms. The summed E-state index contributed by atoms with van der Waals surface area (Å²) < 4.78 is 0. The molecule has 0 saturated carbocycles. The maximum atomic E-state index is 7.53. The van der Waals surface area contributed by atoms with Gasteiger partial charge in [-0.05, 0) is 11.8 Å². The van der Waals surface area contributed by atoms with Gasteiger partial charge in [0, 0.05) is 19.5 Å². The van der Waals surface area contributed by atoms with Crippen LogP contribution in [0.1, 0.15) is 0 Å². The van der Waals surface area contributed by atoms with E-state index in [-0.39, 0.29) is 19.5 Å². The van der Waals surface area contributed by atoms with Crippen molar-refractivity contribution in [3.63, 3.8) is 0 Å². The van der Waals surface area contributed by atoms with E-state index < -0.39 is 7.15 Å². The zero-order valence-corrected chi connectivity index (χ0v) is 7.29. The van der Waals surface area contributed by atoms with Gasteiger partial charge in [0.05, 0.1) is 0 Å². The van der Waals surface area contributed by atoms with Crippen molar-refractivity contribution in [1.29, 1.82) is 0 Å². The summed E-state index contributed by atoms with van der Waals surface area (Å²) in [5.41, 5.74) is 0. The van der Waals surface area contributed by atoms with Crippen molar-refractivity contribution >= 4 is 19.0 Å². The van der Waals surface area contributed by atoms with Gasteiger partial charge in [0.1, 0.15) is 0 Å². The Labute approximate surface area is 48.6 Å². The first-order valence-corrected chi connectivity index (χ1v) is 3.18. The topological polar surface area (TPSA) is 40.5 Å². The van der Waals surface area contributed by atoms with E-state index in [0.29, 0.717) is 0 Å². The molecule has 28 valence electrons. The van der Waals surface area contributed by atoms with Gasteiger partial charge in [-0.15, -0.1) is 0 Å². The molecule has 0 aromatic carbocycles. The minimum atomic E-state index is -2.30. The van der Waals surface area contributed by atoms with Crippen LogP contribution in [-0.2, 0) is 31.3 Å². The predicted molar refractivity (Wildman–Crippen MR) is 20.1 cm³/mol. The van der Waals surface area contributed by atoms with Crippen LogP contribution in [0.5, 0.6) is 0 Å². The molecule has 0 aromatic heterocycles. The second kappa shape index (κ2) is 5.19. The van der Waals surface area contributed by atoms with Crippen LogP contribution < -0.4 is 0 Å². The average Bonchev–Trinajstić information content (AvgIpc) is 0.811. The summed E-state index contributed by atoms with van der Waals surface area (Å²) in [6, 6.07) is 0. The summed E-state index contributed by atoms with van der Waals surface area (Å²) in [4.78, 5) is 15.1. The smallest absolute Gasteiger partial charge is 0.170 e. The molecule has 0 radical (unpaired) electrons. The minimum Gasteiger partial charge on any atom is -0.347 e. The van der Waals surface area contributed by atoms with Crippen LogP contribution in [-0.4, -0.2) is 9.79 Å². The molecule has 2 N–H and O–H groups in total. The fourth-order valence-electron chi connectivity index (χ4n) is 0. The third-order valence-electron chi connectivity index (χ3n) is 0. The van der Waals surface area contributed by atoms with E-state index in [9.17, 15) is 0 Å². The Hall–Kier alpha value is 1.19. The van der Waals surface area contributed by atoms with Crippen LogP contribution in [0.2, 0.25) is 0 Å². The summed E-state index contributed by atoms with van der Waals surface area (Å²) >= 11 is 3.83. The third kappa shape index (κ3) is 37.2. The van der Waals surface area contributed by atoms with E-state index in [1.165, 1.54) is 0 Å². The second-order valence-corrected chi connectivity index (χ2v) is 1.94.